The summed E-state index contributed by atoms with van der Waals surface area (Å²) in [6, 6.07) is 32.8. The summed E-state index contributed by atoms with van der Waals surface area (Å²) in [4.78, 5) is 17.1. The Hall–Kier alpha value is -5.04. The third-order valence-electron chi connectivity index (χ3n) is 6.94. The van der Waals surface area contributed by atoms with Crippen LogP contribution in [0.1, 0.15) is 27.9 Å². The van der Waals surface area contributed by atoms with Crippen molar-refractivity contribution in [1.82, 2.24) is 15.0 Å². The van der Waals surface area contributed by atoms with E-state index >= 15 is 0 Å². The fraction of sp³-hybridized carbons (Fsp3) is 0.143. The molecule has 0 atom stereocenters. The molecule has 0 fully saturated rings. The molecule has 0 aliphatic rings. The lowest BCUT2D eigenvalue weighted by Gasteiger charge is -2.15. The van der Waals surface area contributed by atoms with E-state index in [1.54, 1.807) is 13.1 Å². The summed E-state index contributed by atoms with van der Waals surface area (Å²) < 4.78 is 13.8. The molecule has 0 saturated carbocycles. The van der Waals surface area contributed by atoms with E-state index in [-0.39, 0.29) is 24.7 Å². The molecule has 44 heavy (non-hydrogen) atoms. The van der Waals surface area contributed by atoms with Crippen LogP contribution in [0.5, 0.6) is 5.88 Å². The molecule has 0 bridgehead atoms. The maximum Gasteiger partial charge on any atom is 0.278 e. The van der Waals surface area contributed by atoms with Gasteiger partial charge in [-0.25, -0.2) is 10.4 Å². The number of amides is 1. The number of methoxy groups -OCH3 is 1. The van der Waals surface area contributed by atoms with Crippen molar-refractivity contribution in [1.29, 1.82) is 5.26 Å². The Labute approximate surface area is 264 Å². The molecule has 0 aliphatic carbocycles. The first-order valence-corrected chi connectivity index (χ1v) is 14.7. The van der Waals surface area contributed by atoms with Gasteiger partial charge in [-0.05, 0) is 59.1 Å². The number of halogens is 1. The molecule has 220 valence electrons. The van der Waals surface area contributed by atoms with Crippen molar-refractivity contribution in [3.05, 3.63) is 123 Å². The molecule has 0 unspecified atom stereocenters. The molecule has 8 nitrogen and oxygen atoms in total. The van der Waals surface area contributed by atoms with E-state index < -0.39 is 5.91 Å². The summed E-state index contributed by atoms with van der Waals surface area (Å²) in [5, 5.41) is 14.0. The highest BCUT2D eigenvalue weighted by atomic mass is 79.9. The molecule has 0 radical (unpaired) electrons. The van der Waals surface area contributed by atoms with Gasteiger partial charge < -0.3 is 14.0 Å². The molecule has 1 amide bonds. The van der Waals surface area contributed by atoms with Crippen LogP contribution in [0.2, 0.25) is 0 Å². The van der Waals surface area contributed by atoms with Crippen molar-refractivity contribution in [3.8, 4) is 40.2 Å². The number of aryl methyl sites for hydroxylation is 2. The summed E-state index contributed by atoms with van der Waals surface area (Å²) >= 11 is 3.46. The van der Waals surface area contributed by atoms with Crippen LogP contribution in [0.15, 0.2) is 101 Å². The molecule has 5 rings (SSSR count). The van der Waals surface area contributed by atoms with Crippen LogP contribution >= 0.6 is 15.9 Å². The van der Waals surface area contributed by atoms with Crippen molar-refractivity contribution >= 4 is 28.1 Å². The molecule has 5 aromatic rings. The van der Waals surface area contributed by atoms with Gasteiger partial charge in [0.25, 0.3) is 5.91 Å². The first-order valence-electron chi connectivity index (χ1n) is 13.9. The number of pyridine rings is 1. The number of hydrazone groups is 1. The highest BCUT2D eigenvalue weighted by molar-refractivity contribution is 9.10. The average molecular weight is 649 g/mol. The van der Waals surface area contributed by atoms with Crippen LogP contribution in [-0.4, -0.2) is 35.4 Å². The lowest BCUT2D eigenvalue weighted by molar-refractivity contribution is -0.123. The highest BCUT2D eigenvalue weighted by Crippen LogP contribution is 2.35. The number of benzene rings is 3. The molecule has 2 aromatic heterocycles. The van der Waals surface area contributed by atoms with Crippen LogP contribution in [0.25, 0.3) is 28.2 Å². The smallest absolute Gasteiger partial charge is 0.278 e. The standard InChI is InChI=1S/C35H30BrN5O3/c1-23-14-16-28(17-15-23)41-31(25-10-6-4-7-11-25)18-27(34(41)26-12-8-5-9-13-26)20-38-40-32(42)22-44-35-29(19-37)30(21-43-3)33(36)24(2)39-35/h4-18,20H,21-22H2,1-3H3,(H,40,42)/b38-20+. The summed E-state index contributed by atoms with van der Waals surface area (Å²) in [7, 11) is 1.54. The zero-order chi connectivity index (χ0) is 31.1. The van der Waals surface area contributed by atoms with Gasteiger partial charge in [0.15, 0.2) is 6.61 Å². The topological polar surface area (TPSA) is 102 Å². The minimum absolute atomic E-state index is 0.0634. The number of nitrogens with one attached hydrogen (secondary N) is 1. The monoisotopic (exact) mass is 647 g/mol. The van der Waals surface area contributed by atoms with Crippen molar-refractivity contribution in [3.63, 3.8) is 0 Å². The van der Waals surface area contributed by atoms with Crippen molar-refractivity contribution < 1.29 is 14.3 Å². The Bertz CT molecular complexity index is 1840. The van der Waals surface area contributed by atoms with Gasteiger partial charge in [0, 0.05) is 28.4 Å². The summed E-state index contributed by atoms with van der Waals surface area (Å²) in [5.74, 6) is -0.434. The second-order valence-corrected chi connectivity index (χ2v) is 10.8. The average Bonchev–Trinajstić information content (AvgIpc) is 3.43. The number of rotatable bonds is 10. The van der Waals surface area contributed by atoms with Crippen molar-refractivity contribution in [2.45, 2.75) is 20.5 Å². The zero-order valence-corrected chi connectivity index (χ0v) is 26.1. The van der Waals surface area contributed by atoms with Crippen LogP contribution in [0, 0.1) is 25.2 Å². The van der Waals surface area contributed by atoms with Crippen LogP contribution in [0.4, 0.5) is 0 Å². The molecule has 9 heteroatoms. The fourth-order valence-corrected chi connectivity index (χ4v) is 5.26. The normalized spacial score (nSPS) is 11.0. The van der Waals surface area contributed by atoms with Gasteiger partial charge in [-0.2, -0.15) is 10.4 Å². The number of aromatic nitrogens is 2. The number of hydrogen-bond donors (Lipinski definition) is 1. The lowest BCUT2D eigenvalue weighted by Crippen LogP contribution is -2.25. The van der Waals surface area contributed by atoms with Gasteiger partial charge in [0.1, 0.15) is 11.6 Å². The first kappa shape index (κ1) is 30.4. The minimum atomic E-state index is -0.497. The lowest BCUT2D eigenvalue weighted by atomic mass is 10.1. The Morgan fingerprint density at radius 1 is 1.02 bits per heavy atom. The number of hydrogen-bond acceptors (Lipinski definition) is 6. The van der Waals surface area contributed by atoms with E-state index in [2.05, 4.69) is 104 Å². The summed E-state index contributed by atoms with van der Waals surface area (Å²) in [5.41, 5.74) is 10.9. The Balaban J connectivity index is 1.46. The Kier molecular flexibility index (Phi) is 9.65. The first-order chi connectivity index (χ1) is 21.4. The van der Waals surface area contributed by atoms with Crippen molar-refractivity contribution in [2.75, 3.05) is 13.7 Å². The van der Waals surface area contributed by atoms with Gasteiger partial charge in [-0.15, -0.1) is 0 Å². The predicted molar refractivity (Wildman–Crippen MR) is 175 cm³/mol. The van der Waals surface area contributed by atoms with Crippen LogP contribution in [-0.2, 0) is 16.1 Å². The largest absolute Gasteiger partial charge is 0.467 e. The van der Waals surface area contributed by atoms with Gasteiger partial charge in [-0.3, -0.25) is 4.79 Å². The van der Waals surface area contributed by atoms with E-state index in [1.807, 2.05) is 36.4 Å². The molecular formula is C35H30BrN5O3. The summed E-state index contributed by atoms with van der Waals surface area (Å²) in [6.07, 6.45) is 1.64. The van der Waals surface area contributed by atoms with E-state index in [0.717, 1.165) is 33.8 Å². The highest BCUT2D eigenvalue weighted by Gasteiger charge is 2.20. The predicted octanol–water partition coefficient (Wildman–Crippen LogP) is 7.13. The second kappa shape index (κ2) is 14.0. The third-order valence-corrected chi connectivity index (χ3v) is 7.99. The SMILES string of the molecule is COCc1c(Br)c(C)nc(OCC(=O)N/N=C/c2cc(-c3ccccc3)n(-c3ccc(C)cc3)c2-c2ccccc2)c1C#N. The van der Waals surface area contributed by atoms with Crippen molar-refractivity contribution in [2.24, 2.45) is 5.10 Å². The minimum Gasteiger partial charge on any atom is -0.467 e. The number of nitriles is 1. The van der Waals surface area contributed by atoms with E-state index in [9.17, 15) is 10.1 Å². The molecular weight excluding hydrogens is 618 g/mol. The zero-order valence-electron chi connectivity index (χ0n) is 24.5. The van der Waals surface area contributed by atoms with Gasteiger partial charge in [0.05, 0.1) is 29.9 Å². The maximum absolute atomic E-state index is 12.8. The number of carbonyl (C=O) groups excluding carboxylic acids is 1. The quantitative estimate of drug-likeness (QED) is 0.128. The fourth-order valence-electron chi connectivity index (χ4n) is 4.86. The Morgan fingerprint density at radius 2 is 1.68 bits per heavy atom. The van der Waals surface area contributed by atoms with E-state index in [0.29, 0.717) is 15.7 Å². The second-order valence-electron chi connectivity index (χ2n) is 10.0. The molecule has 0 aliphatic heterocycles. The Morgan fingerprint density at radius 3 is 2.32 bits per heavy atom. The maximum atomic E-state index is 12.8. The van der Waals surface area contributed by atoms with Crippen LogP contribution < -0.4 is 10.2 Å². The van der Waals surface area contributed by atoms with Crippen LogP contribution in [0.3, 0.4) is 0 Å². The molecule has 3 aromatic carbocycles. The van der Waals surface area contributed by atoms with E-state index in [1.165, 1.54) is 12.7 Å². The van der Waals surface area contributed by atoms with Gasteiger partial charge in [0.2, 0.25) is 5.88 Å². The number of ether oxygens (including phenoxy) is 2. The van der Waals surface area contributed by atoms with Gasteiger partial charge >= 0.3 is 0 Å². The molecule has 0 saturated heterocycles. The molecule has 2 heterocycles. The number of nitrogens with zero attached hydrogens (tertiary/aromatic N) is 4. The molecule has 1 N–H and O–H groups in total. The van der Waals surface area contributed by atoms with Gasteiger partial charge in [-0.1, -0.05) is 78.4 Å². The molecule has 0 spiro atoms. The number of carbonyl (C=O) groups is 1. The third kappa shape index (κ3) is 6.62. The summed E-state index contributed by atoms with van der Waals surface area (Å²) in [6.45, 7) is 3.65. The van der Waals surface area contributed by atoms with E-state index in [4.69, 9.17) is 9.47 Å².